The molecule has 3 heteroatoms. The van der Waals surface area contributed by atoms with Crippen molar-refractivity contribution in [2.75, 3.05) is 11.9 Å². The lowest BCUT2D eigenvalue weighted by Crippen LogP contribution is -2.10. The molecular weight excluding hydrogens is 274 g/mol. The predicted octanol–water partition coefficient (Wildman–Crippen LogP) is 4.29. The summed E-state index contributed by atoms with van der Waals surface area (Å²) in [6.07, 6.45) is 3.28. The molecule has 1 amide bonds. The highest BCUT2D eigenvalue weighted by atomic mass is 16.5. The molecule has 0 aliphatic carbocycles. The van der Waals surface area contributed by atoms with Crippen LogP contribution in [0.4, 0.5) is 5.69 Å². The molecule has 1 N–H and O–H groups in total. The summed E-state index contributed by atoms with van der Waals surface area (Å²) in [6, 6.07) is 17.0. The molecule has 0 fully saturated rings. The standard InChI is InChI=1S/C19H19NO2/c1-15(2)14-22-18-11-7-6-10-17(18)20-19(21)13-12-16-8-4-3-5-9-16/h3-13H,1,14H2,2H3,(H,20,21)/b13-12+. The van der Waals surface area contributed by atoms with Crippen LogP contribution in [0.1, 0.15) is 12.5 Å². The summed E-state index contributed by atoms with van der Waals surface area (Å²) in [7, 11) is 0. The van der Waals surface area contributed by atoms with Gasteiger partial charge in [0.1, 0.15) is 12.4 Å². The fraction of sp³-hybridized carbons (Fsp3) is 0.105. The van der Waals surface area contributed by atoms with Crippen LogP contribution in [0.15, 0.2) is 72.8 Å². The number of carbonyl (C=O) groups excluding carboxylic acids is 1. The van der Waals surface area contributed by atoms with Gasteiger partial charge in [-0.3, -0.25) is 4.79 Å². The fourth-order valence-electron chi connectivity index (χ4n) is 1.81. The molecule has 0 radical (unpaired) electrons. The van der Waals surface area contributed by atoms with E-state index in [2.05, 4.69) is 11.9 Å². The first-order valence-electron chi connectivity index (χ1n) is 7.05. The Kier molecular flexibility index (Phi) is 5.55. The van der Waals surface area contributed by atoms with Crippen molar-refractivity contribution in [1.82, 2.24) is 0 Å². The van der Waals surface area contributed by atoms with Gasteiger partial charge in [-0.15, -0.1) is 0 Å². The average Bonchev–Trinajstić information content (AvgIpc) is 2.53. The number of carbonyl (C=O) groups is 1. The first-order valence-corrected chi connectivity index (χ1v) is 7.05. The maximum Gasteiger partial charge on any atom is 0.248 e. The second-order valence-corrected chi connectivity index (χ2v) is 4.98. The Hall–Kier alpha value is -2.81. The number of ether oxygens (including phenoxy) is 1. The highest BCUT2D eigenvalue weighted by Gasteiger charge is 2.05. The molecule has 22 heavy (non-hydrogen) atoms. The van der Waals surface area contributed by atoms with Crippen LogP contribution in [0, 0.1) is 0 Å². The van der Waals surface area contributed by atoms with Gasteiger partial charge >= 0.3 is 0 Å². The molecule has 0 saturated carbocycles. The number of amides is 1. The van der Waals surface area contributed by atoms with Gasteiger partial charge in [0.25, 0.3) is 0 Å². The van der Waals surface area contributed by atoms with Gasteiger partial charge in [0.15, 0.2) is 0 Å². The van der Waals surface area contributed by atoms with Gasteiger partial charge < -0.3 is 10.1 Å². The molecule has 0 aliphatic rings. The van der Waals surface area contributed by atoms with Crippen molar-refractivity contribution in [1.29, 1.82) is 0 Å². The normalized spacial score (nSPS) is 10.4. The molecular formula is C19H19NO2. The zero-order chi connectivity index (χ0) is 15.8. The van der Waals surface area contributed by atoms with Crippen LogP contribution >= 0.6 is 0 Å². The summed E-state index contributed by atoms with van der Waals surface area (Å²) < 4.78 is 5.62. The van der Waals surface area contributed by atoms with Crippen molar-refractivity contribution in [3.63, 3.8) is 0 Å². The van der Waals surface area contributed by atoms with E-state index < -0.39 is 0 Å². The Morgan fingerprint density at radius 3 is 2.55 bits per heavy atom. The van der Waals surface area contributed by atoms with E-state index in [-0.39, 0.29) is 5.91 Å². The summed E-state index contributed by atoms with van der Waals surface area (Å²) in [5.74, 6) is 0.433. The van der Waals surface area contributed by atoms with E-state index in [1.54, 1.807) is 6.08 Å². The zero-order valence-corrected chi connectivity index (χ0v) is 12.6. The number of nitrogens with one attached hydrogen (secondary N) is 1. The average molecular weight is 293 g/mol. The minimum atomic E-state index is -0.199. The fourth-order valence-corrected chi connectivity index (χ4v) is 1.81. The summed E-state index contributed by atoms with van der Waals surface area (Å²) in [6.45, 7) is 6.12. The zero-order valence-electron chi connectivity index (χ0n) is 12.6. The number of para-hydroxylation sites is 2. The second kappa shape index (κ2) is 7.84. The molecule has 0 heterocycles. The molecule has 3 nitrogen and oxygen atoms in total. The van der Waals surface area contributed by atoms with Gasteiger partial charge in [-0.25, -0.2) is 0 Å². The molecule has 112 valence electrons. The maximum absolute atomic E-state index is 12.0. The number of hydrogen-bond acceptors (Lipinski definition) is 2. The molecule has 2 aromatic rings. The Balaban J connectivity index is 2.02. The second-order valence-electron chi connectivity index (χ2n) is 4.98. The molecule has 0 saturated heterocycles. The van der Waals surface area contributed by atoms with Crippen LogP contribution in [0.25, 0.3) is 6.08 Å². The van der Waals surface area contributed by atoms with Crippen LogP contribution in [-0.4, -0.2) is 12.5 Å². The SMILES string of the molecule is C=C(C)COc1ccccc1NC(=O)/C=C/c1ccccc1. The first kappa shape index (κ1) is 15.6. The highest BCUT2D eigenvalue weighted by molar-refractivity contribution is 6.02. The number of rotatable bonds is 6. The third-order valence-corrected chi connectivity index (χ3v) is 2.85. The summed E-state index contributed by atoms with van der Waals surface area (Å²) in [5, 5.41) is 2.82. The van der Waals surface area contributed by atoms with Crippen LogP contribution < -0.4 is 10.1 Å². The van der Waals surface area contributed by atoms with Crippen LogP contribution in [0.2, 0.25) is 0 Å². The lowest BCUT2D eigenvalue weighted by molar-refractivity contribution is -0.111. The number of benzene rings is 2. The molecule has 0 aliphatic heterocycles. The smallest absolute Gasteiger partial charge is 0.248 e. The quantitative estimate of drug-likeness (QED) is 0.637. The Morgan fingerprint density at radius 1 is 1.14 bits per heavy atom. The summed E-state index contributed by atoms with van der Waals surface area (Å²) in [4.78, 5) is 12.0. The first-order chi connectivity index (χ1) is 10.6. The molecule has 0 spiro atoms. The van der Waals surface area contributed by atoms with Crippen molar-refractivity contribution < 1.29 is 9.53 Å². The monoisotopic (exact) mass is 293 g/mol. The van der Waals surface area contributed by atoms with E-state index in [1.807, 2.05) is 61.5 Å². The Bertz CT molecular complexity index is 675. The Labute approximate surface area is 130 Å². The van der Waals surface area contributed by atoms with Gasteiger partial charge in [-0.1, -0.05) is 49.0 Å². The molecule has 0 unspecified atom stereocenters. The van der Waals surface area contributed by atoms with E-state index in [9.17, 15) is 4.79 Å². The van der Waals surface area contributed by atoms with Gasteiger partial charge in [0.05, 0.1) is 5.69 Å². The van der Waals surface area contributed by atoms with Crippen molar-refractivity contribution in [2.24, 2.45) is 0 Å². The molecule has 2 aromatic carbocycles. The van der Waals surface area contributed by atoms with E-state index in [4.69, 9.17) is 4.74 Å². The third kappa shape index (κ3) is 4.94. The van der Waals surface area contributed by atoms with Crippen molar-refractivity contribution in [3.05, 3.63) is 78.4 Å². The lowest BCUT2D eigenvalue weighted by atomic mass is 10.2. The van der Waals surface area contributed by atoms with E-state index in [1.165, 1.54) is 6.08 Å². The largest absolute Gasteiger partial charge is 0.487 e. The third-order valence-electron chi connectivity index (χ3n) is 2.85. The van der Waals surface area contributed by atoms with Crippen LogP contribution in [0.3, 0.4) is 0 Å². The number of anilines is 1. The molecule has 0 aromatic heterocycles. The minimum Gasteiger partial charge on any atom is -0.487 e. The van der Waals surface area contributed by atoms with E-state index in [0.717, 1.165) is 11.1 Å². The minimum absolute atomic E-state index is 0.199. The van der Waals surface area contributed by atoms with Gasteiger partial charge in [0, 0.05) is 6.08 Å². The highest BCUT2D eigenvalue weighted by Crippen LogP contribution is 2.24. The summed E-state index contributed by atoms with van der Waals surface area (Å²) >= 11 is 0. The van der Waals surface area contributed by atoms with Crippen LogP contribution in [0.5, 0.6) is 5.75 Å². The van der Waals surface area contributed by atoms with Crippen LogP contribution in [-0.2, 0) is 4.79 Å². The topological polar surface area (TPSA) is 38.3 Å². The van der Waals surface area contributed by atoms with Crippen molar-refractivity contribution >= 4 is 17.7 Å². The number of hydrogen-bond donors (Lipinski definition) is 1. The van der Waals surface area contributed by atoms with Gasteiger partial charge in [0.2, 0.25) is 5.91 Å². The Morgan fingerprint density at radius 2 is 1.82 bits per heavy atom. The van der Waals surface area contributed by atoms with Crippen molar-refractivity contribution in [2.45, 2.75) is 6.92 Å². The van der Waals surface area contributed by atoms with Crippen molar-refractivity contribution in [3.8, 4) is 5.75 Å². The van der Waals surface area contributed by atoms with Gasteiger partial charge in [-0.05, 0) is 36.3 Å². The van der Waals surface area contributed by atoms with Gasteiger partial charge in [-0.2, -0.15) is 0 Å². The van der Waals surface area contributed by atoms with E-state index in [0.29, 0.717) is 18.0 Å². The van der Waals surface area contributed by atoms with E-state index >= 15 is 0 Å². The molecule has 0 bridgehead atoms. The maximum atomic E-state index is 12.0. The predicted molar refractivity (Wildman–Crippen MR) is 90.9 cm³/mol. The molecule has 2 rings (SSSR count). The molecule has 0 atom stereocenters. The summed E-state index contributed by atoms with van der Waals surface area (Å²) in [5.41, 5.74) is 2.54. The lowest BCUT2D eigenvalue weighted by Gasteiger charge is -2.11.